The summed E-state index contributed by atoms with van der Waals surface area (Å²) in [4.78, 5) is 19.2. The number of hydrogen-bond acceptors (Lipinski definition) is 5. The van der Waals surface area contributed by atoms with Crippen molar-refractivity contribution in [3.63, 3.8) is 0 Å². The average Bonchev–Trinajstić information content (AvgIpc) is 3.24. The smallest absolute Gasteiger partial charge is 0.242 e. The Labute approximate surface area is 172 Å². The lowest BCUT2D eigenvalue weighted by Crippen LogP contribution is -2.40. The van der Waals surface area contributed by atoms with Crippen molar-refractivity contribution < 1.29 is 13.2 Å². The van der Waals surface area contributed by atoms with E-state index < -0.39 is 10.0 Å². The Kier molecular flexibility index (Phi) is 7.08. The van der Waals surface area contributed by atoms with Gasteiger partial charge in [0.05, 0.1) is 15.9 Å². The number of nitrogens with two attached hydrogens (primary N) is 1. The van der Waals surface area contributed by atoms with Gasteiger partial charge in [0.25, 0.3) is 0 Å². The predicted molar refractivity (Wildman–Crippen MR) is 111 cm³/mol. The number of benzene rings is 1. The summed E-state index contributed by atoms with van der Waals surface area (Å²) in [7, 11) is 1.38. The number of sulfonamides is 1. The van der Waals surface area contributed by atoms with Gasteiger partial charge in [-0.05, 0) is 31.0 Å². The normalized spacial score (nSPS) is 17.3. The Morgan fingerprint density at radius 3 is 2.71 bits per heavy atom. The molecule has 28 heavy (non-hydrogen) atoms. The van der Waals surface area contributed by atoms with Crippen molar-refractivity contribution in [2.24, 2.45) is 12.8 Å². The third kappa shape index (κ3) is 4.17. The monoisotopic (exact) mass is 429 g/mol. The summed E-state index contributed by atoms with van der Waals surface area (Å²) in [5, 5.41) is 0. The van der Waals surface area contributed by atoms with Crippen LogP contribution in [0.1, 0.15) is 25.1 Å². The summed E-state index contributed by atoms with van der Waals surface area (Å²) in [5.41, 5.74) is 7.21. The molecule has 1 fully saturated rings. The van der Waals surface area contributed by atoms with Crippen LogP contribution in [0.2, 0.25) is 0 Å². The molecule has 10 heteroatoms. The fourth-order valence-corrected chi connectivity index (χ4v) is 4.52. The van der Waals surface area contributed by atoms with Crippen LogP contribution in [0.15, 0.2) is 23.1 Å². The molecule has 2 aromatic rings. The summed E-state index contributed by atoms with van der Waals surface area (Å²) in [6, 6.07) is 5.08. The van der Waals surface area contributed by atoms with E-state index in [0.717, 1.165) is 30.7 Å². The maximum absolute atomic E-state index is 12.5. The van der Waals surface area contributed by atoms with Crippen molar-refractivity contribution in [1.29, 1.82) is 0 Å². The van der Waals surface area contributed by atoms with Gasteiger partial charge in [-0.1, -0.05) is 0 Å². The topological polar surface area (TPSA) is 102 Å². The van der Waals surface area contributed by atoms with Gasteiger partial charge >= 0.3 is 0 Å². The van der Waals surface area contributed by atoms with E-state index in [1.54, 1.807) is 18.2 Å². The van der Waals surface area contributed by atoms with Gasteiger partial charge in [0.1, 0.15) is 5.82 Å². The van der Waals surface area contributed by atoms with Crippen LogP contribution >= 0.6 is 12.4 Å². The Morgan fingerprint density at radius 2 is 2.07 bits per heavy atom. The standard InChI is InChI=1S/C18H27N5O3S.ClH/c1-21(2)27(25,26)14-6-7-16-15(11-14)20-17(22(16)3)8-9-18(24)23-10-4-5-13(23)12-19;/h6-7,11,13H,4-5,8-10,12,19H2,1-3H3;1H. The molecule has 3 rings (SSSR count). The van der Waals surface area contributed by atoms with E-state index in [1.807, 2.05) is 16.5 Å². The second kappa shape index (κ2) is 8.77. The summed E-state index contributed by atoms with van der Waals surface area (Å²) in [6.45, 7) is 1.27. The Morgan fingerprint density at radius 1 is 1.36 bits per heavy atom. The highest BCUT2D eigenvalue weighted by molar-refractivity contribution is 7.89. The molecular weight excluding hydrogens is 402 g/mol. The number of aromatic nitrogens is 2. The van der Waals surface area contributed by atoms with E-state index >= 15 is 0 Å². The molecule has 0 saturated carbocycles. The molecule has 2 heterocycles. The Bertz CT molecular complexity index is 958. The molecule has 1 amide bonds. The van der Waals surface area contributed by atoms with Crippen LogP contribution < -0.4 is 5.73 Å². The number of amides is 1. The molecule has 1 aromatic carbocycles. The number of carbonyl (C=O) groups is 1. The molecule has 1 atom stereocenters. The molecule has 1 aliphatic rings. The predicted octanol–water partition coefficient (Wildman–Crippen LogP) is 1.13. The van der Waals surface area contributed by atoms with Crippen LogP contribution in [-0.4, -0.2) is 66.3 Å². The van der Waals surface area contributed by atoms with Crippen molar-refractivity contribution in [2.75, 3.05) is 27.2 Å². The zero-order valence-electron chi connectivity index (χ0n) is 16.5. The van der Waals surface area contributed by atoms with Gasteiger partial charge in [-0.3, -0.25) is 4.79 Å². The van der Waals surface area contributed by atoms with Crippen LogP contribution in [0.25, 0.3) is 11.0 Å². The molecule has 2 N–H and O–H groups in total. The van der Waals surface area contributed by atoms with Gasteiger partial charge in [0.2, 0.25) is 15.9 Å². The van der Waals surface area contributed by atoms with Crippen molar-refractivity contribution in [1.82, 2.24) is 18.8 Å². The molecular formula is C18H28ClN5O3S. The van der Waals surface area contributed by atoms with E-state index in [4.69, 9.17) is 5.73 Å². The Balaban J connectivity index is 0.00000280. The van der Waals surface area contributed by atoms with Crippen LogP contribution in [0.4, 0.5) is 0 Å². The summed E-state index contributed by atoms with van der Waals surface area (Å²) >= 11 is 0. The lowest BCUT2D eigenvalue weighted by atomic mass is 10.2. The van der Waals surface area contributed by atoms with Crippen LogP contribution in [0.3, 0.4) is 0 Å². The van der Waals surface area contributed by atoms with Gasteiger partial charge in [0.15, 0.2) is 0 Å². The average molecular weight is 430 g/mol. The molecule has 1 unspecified atom stereocenters. The first-order chi connectivity index (χ1) is 12.8. The number of imidazole rings is 1. The first-order valence-corrected chi connectivity index (χ1v) is 10.6. The lowest BCUT2D eigenvalue weighted by molar-refractivity contribution is -0.131. The third-order valence-corrected chi connectivity index (χ3v) is 7.07. The summed E-state index contributed by atoms with van der Waals surface area (Å²) in [6.07, 6.45) is 2.85. The molecule has 1 saturated heterocycles. The number of carbonyl (C=O) groups excluding carboxylic acids is 1. The van der Waals surface area contributed by atoms with E-state index in [9.17, 15) is 13.2 Å². The maximum Gasteiger partial charge on any atom is 0.242 e. The minimum atomic E-state index is -3.51. The minimum Gasteiger partial charge on any atom is -0.338 e. The van der Waals surface area contributed by atoms with Crippen LogP contribution in [0, 0.1) is 0 Å². The second-order valence-corrected chi connectivity index (χ2v) is 9.30. The molecule has 0 radical (unpaired) electrons. The zero-order valence-corrected chi connectivity index (χ0v) is 18.1. The van der Waals surface area contributed by atoms with Gasteiger partial charge in [-0.2, -0.15) is 0 Å². The van der Waals surface area contributed by atoms with Crippen molar-refractivity contribution >= 4 is 39.4 Å². The highest BCUT2D eigenvalue weighted by atomic mass is 35.5. The fraction of sp³-hybridized carbons (Fsp3) is 0.556. The van der Waals surface area contributed by atoms with Crippen molar-refractivity contribution in [2.45, 2.75) is 36.6 Å². The van der Waals surface area contributed by atoms with E-state index in [1.165, 1.54) is 18.4 Å². The number of nitrogens with zero attached hydrogens (tertiary/aromatic N) is 4. The van der Waals surface area contributed by atoms with Gasteiger partial charge in [0, 0.05) is 53.1 Å². The van der Waals surface area contributed by atoms with Crippen LogP contribution in [-0.2, 0) is 28.3 Å². The maximum atomic E-state index is 12.5. The number of fused-ring (bicyclic) bond motifs is 1. The number of halogens is 1. The molecule has 1 aliphatic heterocycles. The molecule has 0 aliphatic carbocycles. The van der Waals surface area contributed by atoms with E-state index in [-0.39, 0.29) is 29.3 Å². The first-order valence-electron chi connectivity index (χ1n) is 9.13. The largest absolute Gasteiger partial charge is 0.338 e. The number of rotatable bonds is 6. The lowest BCUT2D eigenvalue weighted by Gasteiger charge is -2.23. The highest BCUT2D eigenvalue weighted by Crippen LogP contribution is 2.23. The Hall–Kier alpha value is -1.68. The summed E-state index contributed by atoms with van der Waals surface area (Å²) in [5.74, 6) is 0.868. The van der Waals surface area contributed by atoms with Gasteiger partial charge < -0.3 is 15.2 Å². The highest BCUT2D eigenvalue weighted by Gasteiger charge is 2.27. The van der Waals surface area contributed by atoms with E-state index in [0.29, 0.717) is 24.9 Å². The number of likely N-dealkylation sites (tertiary alicyclic amines) is 1. The van der Waals surface area contributed by atoms with Gasteiger partial charge in [-0.25, -0.2) is 17.7 Å². The molecule has 0 spiro atoms. The van der Waals surface area contributed by atoms with Crippen molar-refractivity contribution in [3.05, 3.63) is 24.0 Å². The number of aryl methyl sites for hydroxylation is 2. The summed E-state index contributed by atoms with van der Waals surface area (Å²) < 4.78 is 27.7. The third-order valence-electron chi connectivity index (χ3n) is 5.26. The fourth-order valence-electron chi connectivity index (χ4n) is 3.60. The SMILES string of the molecule is CN(C)S(=O)(=O)c1ccc2c(c1)nc(CCC(=O)N1CCCC1CN)n2C.Cl. The molecule has 8 nitrogen and oxygen atoms in total. The quantitative estimate of drug-likeness (QED) is 0.741. The molecule has 0 bridgehead atoms. The van der Waals surface area contributed by atoms with E-state index in [2.05, 4.69) is 4.98 Å². The molecule has 156 valence electrons. The molecule has 1 aromatic heterocycles. The van der Waals surface area contributed by atoms with Gasteiger partial charge in [-0.15, -0.1) is 12.4 Å². The number of hydrogen-bond donors (Lipinski definition) is 1. The minimum absolute atomic E-state index is 0. The van der Waals surface area contributed by atoms with Crippen LogP contribution in [0.5, 0.6) is 0 Å². The van der Waals surface area contributed by atoms with Crippen molar-refractivity contribution in [3.8, 4) is 0 Å². The second-order valence-electron chi connectivity index (χ2n) is 7.14. The zero-order chi connectivity index (χ0) is 19.8. The first kappa shape index (κ1) is 22.6.